The van der Waals surface area contributed by atoms with Crippen LogP contribution in [0.1, 0.15) is 15.2 Å². The maximum absolute atomic E-state index is 12.2. The van der Waals surface area contributed by atoms with E-state index in [0.717, 1.165) is 11.3 Å². The molecular weight excluding hydrogens is 276 g/mol. The highest BCUT2D eigenvalue weighted by atomic mass is 32.1. The Morgan fingerprint density at radius 3 is 2.90 bits per heavy atom. The second-order valence-electron chi connectivity index (χ2n) is 4.26. The van der Waals surface area contributed by atoms with Gasteiger partial charge in [-0.2, -0.15) is 0 Å². The summed E-state index contributed by atoms with van der Waals surface area (Å²) in [4.78, 5) is 35.5. The molecule has 3 aromatic rings. The van der Waals surface area contributed by atoms with Crippen LogP contribution in [0.5, 0.6) is 0 Å². The lowest BCUT2D eigenvalue weighted by atomic mass is 10.2. The fraction of sp³-hybridized carbons (Fsp3) is 0.0769. The van der Waals surface area contributed by atoms with Gasteiger partial charge in [0.05, 0.1) is 10.3 Å². The summed E-state index contributed by atoms with van der Waals surface area (Å²) < 4.78 is 0. The maximum Gasteiger partial charge on any atom is 0.260 e. The highest BCUT2D eigenvalue weighted by molar-refractivity contribution is 7.20. The molecule has 3 aromatic heterocycles. The Morgan fingerprint density at radius 1 is 1.45 bits per heavy atom. The van der Waals surface area contributed by atoms with Crippen LogP contribution in [0.25, 0.3) is 21.6 Å². The van der Waals surface area contributed by atoms with Gasteiger partial charge in [0.25, 0.3) is 11.5 Å². The molecule has 3 rings (SSSR count). The lowest BCUT2D eigenvalue weighted by molar-refractivity contribution is 0.100. The summed E-state index contributed by atoms with van der Waals surface area (Å²) in [5.41, 5.74) is 6.30. The van der Waals surface area contributed by atoms with Crippen molar-refractivity contribution in [2.75, 3.05) is 0 Å². The standard InChI is InChI=1S/C13H10N4O2S/c1-6-8-12(19)16-11(7-3-2-4-15-5-7)17-13(8)20-9(6)10(14)18/h2-5H,1H3,(H2,14,18)(H,16,17,19). The van der Waals surface area contributed by atoms with E-state index in [4.69, 9.17) is 5.73 Å². The molecule has 0 bridgehead atoms. The molecule has 0 saturated heterocycles. The molecule has 1 amide bonds. The smallest absolute Gasteiger partial charge is 0.260 e. The van der Waals surface area contributed by atoms with E-state index in [1.807, 2.05) is 0 Å². The van der Waals surface area contributed by atoms with E-state index in [1.165, 1.54) is 0 Å². The van der Waals surface area contributed by atoms with Gasteiger partial charge >= 0.3 is 0 Å². The minimum atomic E-state index is -0.548. The third-order valence-electron chi connectivity index (χ3n) is 2.96. The molecule has 3 N–H and O–H groups in total. The van der Waals surface area contributed by atoms with Crippen molar-refractivity contribution in [3.63, 3.8) is 0 Å². The van der Waals surface area contributed by atoms with E-state index in [9.17, 15) is 9.59 Å². The van der Waals surface area contributed by atoms with Crippen LogP contribution in [-0.2, 0) is 0 Å². The van der Waals surface area contributed by atoms with Gasteiger partial charge < -0.3 is 10.7 Å². The van der Waals surface area contributed by atoms with E-state index in [-0.39, 0.29) is 5.56 Å². The van der Waals surface area contributed by atoms with Crippen LogP contribution in [0.3, 0.4) is 0 Å². The van der Waals surface area contributed by atoms with Crippen molar-refractivity contribution in [2.24, 2.45) is 5.73 Å². The van der Waals surface area contributed by atoms with Gasteiger partial charge in [-0.25, -0.2) is 4.98 Å². The Bertz CT molecular complexity index is 867. The van der Waals surface area contributed by atoms with Crippen molar-refractivity contribution >= 4 is 27.5 Å². The first-order chi connectivity index (χ1) is 9.58. The molecule has 20 heavy (non-hydrogen) atoms. The minimum absolute atomic E-state index is 0.282. The number of aromatic nitrogens is 3. The molecule has 0 aromatic carbocycles. The summed E-state index contributed by atoms with van der Waals surface area (Å²) in [5.74, 6) is -0.124. The molecule has 0 aliphatic heterocycles. The topological polar surface area (TPSA) is 102 Å². The normalized spacial score (nSPS) is 10.8. The van der Waals surface area contributed by atoms with Gasteiger partial charge in [0.2, 0.25) is 0 Å². The molecule has 100 valence electrons. The number of carbonyl (C=O) groups excluding carboxylic acids is 1. The van der Waals surface area contributed by atoms with Gasteiger partial charge in [-0.1, -0.05) is 0 Å². The third-order valence-corrected chi connectivity index (χ3v) is 4.16. The number of pyridine rings is 1. The number of hydrogen-bond acceptors (Lipinski definition) is 5. The second kappa shape index (κ2) is 4.53. The summed E-state index contributed by atoms with van der Waals surface area (Å²) in [6, 6.07) is 3.56. The minimum Gasteiger partial charge on any atom is -0.365 e. The number of amides is 1. The maximum atomic E-state index is 12.2. The molecule has 0 unspecified atom stereocenters. The SMILES string of the molecule is Cc1c(C(N)=O)sc2nc(-c3cccnc3)[nH]c(=O)c12. The quantitative estimate of drug-likeness (QED) is 0.744. The van der Waals surface area contributed by atoms with E-state index in [0.29, 0.717) is 32.0 Å². The van der Waals surface area contributed by atoms with Crippen molar-refractivity contribution in [1.82, 2.24) is 15.0 Å². The van der Waals surface area contributed by atoms with E-state index >= 15 is 0 Å². The number of rotatable bonds is 2. The highest BCUT2D eigenvalue weighted by Crippen LogP contribution is 2.27. The zero-order valence-electron chi connectivity index (χ0n) is 10.5. The van der Waals surface area contributed by atoms with Crippen molar-refractivity contribution in [2.45, 2.75) is 6.92 Å². The van der Waals surface area contributed by atoms with Crippen molar-refractivity contribution < 1.29 is 4.79 Å². The molecule has 0 spiro atoms. The predicted octanol–water partition coefficient (Wildman–Crippen LogP) is 1.45. The van der Waals surface area contributed by atoms with Crippen LogP contribution in [0.2, 0.25) is 0 Å². The number of primary amides is 1. The van der Waals surface area contributed by atoms with E-state index in [1.54, 1.807) is 31.5 Å². The molecule has 6 nitrogen and oxygen atoms in total. The largest absolute Gasteiger partial charge is 0.365 e. The summed E-state index contributed by atoms with van der Waals surface area (Å²) in [6.07, 6.45) is 3.25. The second-order valence-corrected chi connectivity index (χ2v) is 5.26. The summed E-state index contributed by atoms with van der Waals surface area (Å²) in [5, 5.41) is 0.413. The fourth-order valence-corrected chi connectivity index (χ4v) is 3.05. The zero-order valence-corrected chi connectivity index (χ0v) is 11.3. The van der Waals surface area contributed by atoms with Crippen LogP contribution in [0.4, 0.5) is 0 Å². The van der Waals surface area contributed by atoms with E-state index < -0.39 is 5.91 Å². The summed E-state index contributed by atoms with van der Waals surface area (Å²) in [7, 11) is 0. The Hall–Kier alpha value is -2.54. The van der Waals surface area contributed by atoms with Crippen LogP contribution in [0.15, 0.2) is 29.3 Å². The predicted molar refractivity (Wildman–Crippen MR) is 76.7 cm³/mol. The average Bonchev–Trinajstić information content (AvgIpc) is 2.77. The molecule has 0 saturated carbocycles. The van der Waals surface area contributed by atoms with Crippen LogP contribution >= 0.6 is 11.3 Å². The Labute approximate surface area is 117 Å². The van der Waals surface area contributed by atoms with Gasteiger partial charge in [-0.15, -0.1) is 11.3 Å². The number of nitrogens with zero attached hydrogens (tertiary/aromatic N) is 2. The van der Waals surface area contributed by atoms with Crippen LogP contribution in [0, 0.1) is 6.92 Å². The first-order valence-corrected chi connectivity index (χ1v) is 6.63. The van der Waals surface area contributed by atoms with Crippen LogP contribution in [-0.4, -0.2) is 20.9 Å². The van der Waals surface area contributed by atoms with Crippen molar-refractivity contribution in [3.8, 4) is 11.4 Å². The van der Waals surface area contributed by atoms with Gasteiger partial charge in [-0.3, -0.25) is 14.6 Å². The molecular formula is C13H10N4O2S. The fourth-order valence-electron chi connectivity index (χ4n) is 2.02. The number of aryl methyl sites for hydroxylation is 1. The molecule has 7 heteroatoms. The first-order valence-electron chi connectivity index (χ1n) is 5.81. The number of fused-ring (bicyclic) bond motifs is 1. The van der Waals surface area contributed by atoms with Crippen molar-refractivity contribution in [3.05, 3.63) is 45.3 Å². The van der Waals surface area contributed by atoms with Gasteiger partial charge in [-0.05, 0) is 24.6 Å². The monoisotopic (exact) mass is 286 g/mol. The lowest BCUT2D eigenvalue weighted by Crippen LogP contribution is -2.12. The Kier molecular flexibility index (Phi) is 2.83. The first kappa shape index (κ1) is 12.5. The van der Waals surface area contributed by atoms with Crippen molar-refractivity contribution in [1.29, 1.82) is 0 Å². The zero-order chi connectivity index (χ0) is 14.3. The van der Waals surface area contributed by atoms with E-state index in [2.05, 4.69) is 15.0 Å². The third kappa shape index (κ3) is 1.88. The van der Waals surface area contributed by atoms with Gasteiger partial charge in [0.15, 0.2) is 0 Å². The van der Waals surface area contributed by atoms with Gasteiger partial charge in [0.1, 0.15) is 10.7 Å². The number of thiophene rings is 1. The molecule has 0 radical (unpaired) electrons. The molecule has 0 aliphatic carbocycles. The summed E-state index contributed by atoms with van der Waals surface area (Å²) in [6.45, 7) is 1.69. The number of hydrogen-bond donors (Lipinski definition) is 2. The molecule has 3 heterocycles. The number of aromatic amines is 1. The number of nitrogens with two attached hydrogens (primary N) is 1. The number of nitrogens with one attached hydrogen (secondary N) is 1. The molecule has 0 fully saturated rings. The highest BCUT2D eigenvalue weighted by Gasteiger charge is 2.17. The Morgan fingerprint density at radius 2 is 2.25 bits per heavy atom. The number of carbonyl (C=O) groups is 1. The van der Waals surface area contributed by atoms with Gasteiger partial charge in [0, 0.05) is 18.0 Å². The summed E-state index contributed by atoms with van der Waals surface area (Å²) >= 11 is 1.13. The molecule has 0 atom stereocenters. The molecule has 0 aliphatic rings. The number of H-pyrrole nitrogens is 1. The lowest BCUT2D eigenvalue weighted by Gasteiger charge is -1.99. The van der Waals surface area contributed by atoms with Crippen LogP contribution < -0.4 is 11.3 Å². The Balaban J connectivity index is 2.31. The average molecular weight is 286 g/mol.